The zero-order valence-electron chi connectivity index (χ0n) is 22.0. The van der Waals surface area contributed by atoms with Crippen LogP contribution in [0.3, 0.4) is 0 Å². The van der Waals surface area contributed by atoms with Crippen LogP contribution in [0.25, 0.3) is 0 Å². The van der Waals surface area contributed by atoms with E-state index in [4.69, 9.17) is 21.3 Å². The molecule has 0 bridgehead atoms. The lowest BCUT2D eigenvalue weighted by molar-refractivity contribution is -0.141. The van der Waals surface area contributed by atoms with Gasteiger partial charge in [-0.15, -0.1) is 0 Å². The largest absolute Gasteiger partial charge is 0.489 e. The summed E-state index contributed by atoms with van der Waals surface area (Å²) in [5.74, 6) is 0.983. The van der Waals surface area contributed by atoms with E-state index in [2.05, 4.69) is 11.1 Å². The lowest BCUT2D eigenvalue weighted by atomic mass is 9.94. The van der Waals surface area contributed by atoms with E-state index in [1.165, 1.54) is 4.90 Å². The number of amides is 1. The highest BCUT2D eigenvalue weighted by Gasteiger charge is 2.49. The molecule has 8 heteroatoms. The fourth-order valence-corrected chi connectivity index (χ4v) is 5.64. The highest BCUT2D eigenvalue weighted by molar-refractivity contribution is 6.30. The maximum atomic E-state index is 13.4. The van der Waals surface area contributed by atoms with Crippen molar-refractivity contribution in [2.75, 3.05) is 6.54 Å². The average molecular weight is 556 g/mol. The summed E-state index contributed by atoms with van der Waals surface area (Å²) >= 11 is 6.05. The molecule has 2 heterocycles. The van der Waals surface area contributed by atoms with Crippen LogP contribution in [0.5, 0.6) is 5.75 Å². The van der Waals surface area contributed by atoms with Gasteiger partial charge in [0, 0.05) is 11.6 Å². The summed E-state index contributed by atoms with van der Waals surface area (Å²) in [6.45, 7) is 1.00. The topological polar surface area (TPSA) is 95.5 Å². The summed E-state index contributed by atoms with van der Waals surface area (Å²) < 4.78 is 6.06. The quantitative estimate of drug-likeness (QED) is 0.331. The van der Waals surface area contributed by atoms with E-state index in [0.717, 1.165) is 29.7 Å². The molecule has 0 saturated heterocycles. The molecule has 1 atom stereocenters. The second-order valence-corrected chi connectivity index (χ2v) is 11.0. The van der Waals surface area contributed by atoms with Crippen molar-refractivity contribution in [3.05, 3.63) is 128 Å². The van der Waals surface area contributed by atoms with E-state index >= 15 is 0 Å². The summed E-state index contributed by atoms with van der Waals surface area (Å²) in [5, 5.41) is 11.2. The number of H-pyrrole nitrogens is 1. The van der Waals surface area contributed by atoms with Crippen molar-refractivity contribution in [2.24, 2.45) is 0 Å². The molecule has 1 aromatic heterocycles. The van der Waals surface area contributed by atoms with Gasteiger partial charge in [-0.1, -0.05) is 66.2 Å². The number of aliphatic hydroxyl groups excluding tert-OH is 1. The first-order valence-corrected chi connectivity index (χ1v) is 13.9. The molecule has 1 aliphatic heterocycles. The van der Waals surface area contributed by atoms with Gasteiger partial charge < -0.3 is 19.7 Å². The van der Waals surface area contributed by atoms with Gasteiger partial charge in [0.05, 0.1) is 23.2 Å². The predicted molar refractivity (Wildman–Crippen MR) is 152 cm³/mol. The minimum absolute atomic E-state index is 0.101. The van der Waals surface area contributed by atoms with Crippen LogP contribution in [0.1, 0.15) is 59.1 Å². The molecule has 0 radical (unpaired) electrons. The number of rotatable bonds is 7. The summed E-state index contributed by atoms with van der Waals surface area (Å²) in [5.41, 5.74) is 3.19. The molecule has 3 aromatic carbocycles. The van der Waals surface area contributed by atoms with Gasteiger partial charge in [-0.25, -0.2) is 4.98 Å². The van der Waals surface area contributed by atoms with Crippen LogP contribution in [-0.2, 0) is 29.8 Å². The Bertz CT molecular complexity index is 1600. The average Bonchev–Trinajstić information content (AvgIpc) is 3.81. The number of ether oxygens (including phenoxy) is 1. The molecule has 4 aromatic rings. The van der Waals surface area contributed by atoms with Gasteiger partial charge >= 0.3 is 0 Å². The van der Waals surface area contributed by atoms with Gasteiger partial charge in [0.25, 0.3) is 11.5 Å². The van der Waals surface area contributed by atoms with Crippen LogP contribution in [0, 0.1) is 0 Å². The highest BCUT2D eigenvalue weighted by atomic mass is 35.5. The van der Waals surface area contributed by atoms with Crippen LogP contribution in [0.4, 0.5) is 0 Å². The number of aromatic nitrogens is 2. The number of nitrogens with zero attached hydrogens (tertiary/aromatic N) is 2. The van der Waals surface area contributed by atoms with Crippen molar-refractivity contribution in [1.82, 2.24) is 14.9 Å². The van der Waals surface area contributed by atoms with E-state index in [1.807, 2.05) is 48.5 Å². The molecule has 40 heavy (non-hydrogen) atoms. The van der Waals surface area contributed by atoms with Gasteiger partial charge in [0.15, 0.2) is 6.10 Å². The molecule has 1 saturated carbocycles. The van der Waals surface area contributed by atoms with Crippen LogP contribution >= 0.6 is 11.6 Å². The molecule has 0 unspecified atom stereocenters. The molecule has 6 rings (SSSR count). The summed E-state index contributed by atoms with van der Waals surface area (Å²) in [4.78, 5) is 36.1. The Morgan fingerprint density at radius 3 is 2.65 bits per heavy atom. The number of nitrogens with one attached hydrogen (secondary N) is 1. The maximum Gasteiger partial charge on any atom is 0.256 e. The number of hydrogen-bond donors (Lipinski definition) is 2. The monoisotopic (exact) mass is 555 g/mol. The number of aryl methyl sites for hydroxylation is 1. The van der Waals surface area contributed by atoms with E-state index < -0.39 is 12.0 Å². The minimum Gasteiger partial charge on any atom is -0.489 e. The first-order valence-electron chi connectivity index (χ1n) is 13.6. The van der Waals surface area contributed by atoms with Gasteiger partial charge in [-0.05, 0) is 66.6 Å². The van der Waals surface area contributed by atoms with Gasteiger partial charge in [-0.3, -0.25) is 9.59 Å². The SMILES string of the molecule is O=C([C@H](O)c1cccc(Cl)c1)N1CCCc2nc(C3(c4cccc(OCc5ccccc5)c4)CC3)[nH]c(=O)c2C1. The van der Waals surface area contributed by atoms with Gasteiger partial charge in [0.2, 0.25) is 0 Å². The first-order chi connectivity index (χ1) is 19.4. The van der Waals surface area contributed by atoms with Gasteiger partial charge in [-0.2, -0.15) is 0 Å². The Labute approximate surface area is 237 Å². The van der Waals surface area contributed by atoms with Crippen LogP contribution < -0.4 is 10.3 Å². The van der Waals surface area contributed by atoms with Crippen molar-refractivity contribution in [3.63, 3.8) is 0 Å². The third-order valence-corrected chi connectivity index (χ3v) is 8.08. The van der Waals surface area contributed by atoms with E-state index in [-0.39, 0.29) is 17.5 Å². The third kappa shape index (κ3) is 5.27. The zero-order chi connectivity index (χ0) is 27.7. The summed E-state index contributed by atoms with van der Waals surface area (Å²) in [6, 6.07) is 24.7. The molecular weight excluding hydrogens is 526 g/mol. The molecule has 2 aliphatic rings. The number of aromatic amines is 1. The fraction of sp³-hybridized carbons (Fsp3) is 0.281. The third-order valence-electron chi connectivity index (χ3n) is 7.84. The number of carbonyl (C=O) groups excluding carboxylic acids is 1. The molecule has 204 valence electrons. The number of benzene rings is 3. The standard InChI is InChI=1S/C32H30ClN3O4/c33-24-11-4-9-22(17-24)28(37)30(39)36-16-6-13-27-26(19-36)29(38)35-31(34-27)32(14-15-32)23-10-5-12-25(18-23)40-20-21-7-2-1-3-8-21/h1-5,7-12,17-18,28,37H,6,13-16,19-20H2,(H,34,35,38)/t28-/m1/s1. The normalized spacial score (nSPS) is 16.5. The number of carbonyl (C=O) groups is 1. The lowest BCUT2D eigenvalue weighted by Gasteiger charge is -2.24. The van der Waals surface area contributed by atoms with Crippen molar-refractivity contribution in [1.29, 1.82) is 0 Å². The number of halogens is 1. The van der Waals surface area contributed by atoms with E-state index in [1.54, 1.807) is 24.3 Å². The molecule has 1 fully saturated rings. The second-order valence-electron chi connectivity index (χ2n) is 10.5. The van der Waals surface area contributed by atoms with Crippen LogP contribution in [0.15, 0.2) is 83.7 Å². The zero-order valence-corrected chi connectivity index (χ0v) is 22.7. The Balaban J connectivity index is 1.22. The Hall–Kier alpha value is -3.94. The number of hydrogen-bond acceptors (Lipinski definition) is 5. The van der Waals surface area contributed by atoms with E-state index in [0.29, 0.717) is 53.7 Å². The molecular formula is C32H30ClN3O4. The molecule has 1 amide bonds. The number of aliphatic hydroxyl groups is 1. The van der Waals surface area contributed by atoms with E-state index in [9.17, 15) is 14.7 Å². The van der Waals surface area contributed by atoms with Crippen LogP contribution in [0.2, 0.25) is 5.02 Å². The Kier molecular flexibility index (Phi) is 7.17. The predicted octanol–water partition coefficient (Wildman–Crippen LogP) is 5.09. The highest BCUT2D eigenvalue weighted by Crippen LogP contribution is 2.52. The molecule has 1 aliphatic carbocycles. The lowest BCUT2D eigenvalue weighted by Crippen LogP contribution is -2.36. The Morgan fingerprint density at radius 2 is 1.88 bits per heavy atom. The number of fused-ring (bicyclic) bond motifs is 1. The van der Waals surface area contributed by atoms with Crippen molar-refractivity contribution < 1.29 is 14.6 Å². The first kappa shape index (κ1) is 26.3. The molecule has 2 N–H and O–H groups in total. The maximum absolute atomic E-state index is 13.4. The van der Waals surface area contributed by atoms with Crippen molar-refractivity contribution in [2.45, 2.75) is 50.4 Å². The van der Waals surface area contributed by atoms with Gasteiger partial charge in [0.1, 0.15) is 18.2 Å². The summed E-state index contributed by atoms with van der Waals surface area (Å²) in [6.07, 6.45) is 1.64. The smallest absolute Gasteiger partial charge is 0.256 e. The fourth-order valence-electron chi connectivity index (χ4n) is 5.44. The summed E-state index contributed by atoms with van der Waals surface area (Å²) in [7, 11) is 0. The Morgan fingerprint density at radius 1 is 1.07 bits per heavy atom. The van der Waals surface area contributed by atoms with Crippen molar-refractivity contribution >= 4 is 17.5 Å². The minimum atomic E-state index is -1.35. The van der Waals surface area contributed by atoms with Crippen molar-refractivity contribution in [3.8, 4) is 5.75 Å². The molecule has 0 spiro atoms. The molecule has 7 nitrogen and oxygen atoms in total. The van der Waals surface area contributed by atoms with Crippen LogP contribution in [-0.4, -0.2) is 32.4 Å². The second kappa shape index (κ2) is 10.9.